The maximum atomic E-state index is 13.1. The van der Waals surface area contributed by atoms with Crippen molar-refractivity contribution >= 4 is 12.1 Å². The molecule has 1 saturated heterocycles. The average molecular weight is 291 g/mol. The molecule has 1 amide bonds. The number of carbonyl (C=O) groups is 2. The maximum absolute atomic E-state index is 13.1. The Hall–Kier alpha value is -1.40. The number of rotatable bonds is 2. The molecule has 20 heavy (non-hydrogen) atoms. The number of hydrogen-bond donors (Lipinski definition) is 1. The van der Waals surface area contributed by atoms with Crippen LogP contribution in [0.2, 0.25) is 0 Å². The number of amides is 1. The molecule has 114 valence electrons. The van der Waals surface area contributed by atoms with Gasteiger partial charge in [0.2, 0.25) is 0 Å². The highest BCUT2D eigenvalue weighted by Gasteiger charge is 2.62. The van der Waals surface area contributed by atoms with Gasteiger partial charge in [-0.2, -0.15) is 0 Å². The first-order valence-electron chi connectivity index (χ1n) is 6.61. The number of carboxylic acids is 1. The summed E-state index contributed by atoms with van der Waals surface area (Å²) in [5.41, 5.74) is -0.748. The summed E-state index contributed by atoms with van der Waals surface area (Å²) < 4.78 is 31.3. The van der Waals surface area contributed by atoms with E-state index in [1.165, 1.54) is 0 Å². The quantitative estimate of drug-likeness (QED) is 0.848. The zero-order valence-electron chi connectivity index (χ0n) is 11.7. The van der Waals surface area contributed by atoms with E-state index in [0.29, 0.717) is 0 Å². The summed E-state index contributed by atoms with van der Waals surface area (Å²) in [4.78, 5) is 24.2. The average Bonchev–Trinajstić information content (AvgIpc) is 2.73. The smallest absolute Gasteiger partial charge is 0.411 e. The van der Waals surface area contributed by atoms with E-state index in [1.54, 1.807) is 20.8 Å². The molecule has 0 aromatic rings. The molecule has 1 aliphatic carbocycles. The summed E-state index contributed by atoms with van der Waals surface area (Å²) in [5, 5.41) is 9.14. The number of nitrogens with zero attached hydrogens (tertiary/aromatic N) is 1. The van der Waals surface area contributed by atoms with Crippen molar-refractivity contribution in [3.63, 3.8) is 0 Å². The van der Waals surface area contributed by atoms with Crippen LogP contribution < -0.4 is 0 Å². The van der Waals surface area contributed by atoms with Crippen LogP contribution in [0, 0.1) is 11.8 Å². The van der Waals surface area contributed by atoms with Crippen LogP contribution >= 0.6 is 0 Å². The van der Waals surface area contributed by atoms with E-state index in [4.69, 9.17) is 9.84 Å². The molecular weight excluding hydrogens is 272 g/mol. The van der Waals surface area contributed by atoms with Crippen LogP contribution in [0.4, 0.5) is 13.6 Å². The van der Waals surface area contributed by atoms with Gasteiger partial charge in [-0.3, -0.25) is 4.90 Å². The van der Waals surface area contributed by atoms with Gasteiger partial charge in [0, 0.05) is 18.9 Å². The normalized spacial score (nSPS) is 32.0. The summed E-state index contributed by atoms with van der Waals surface area (Å²) in [6.45, 7) is 5.03. The third-order valence-corrected chi connectivity index (χ3v) is 3.69. The third kappa shape index (κ3) is 3.02. The van der Waals surface area contributed by atoms with Crippen molar-refractivity contribution < 1.29 is 28.2 Å². The number of alkyl halides is 2. The molecule has 7 heteroatoms. The number of carboxylic acid groups (broad SMARTS) is 1. The van der Waals surface area contributed by atoms with Gasteiger partial charge < -0.3 is 9.84 Å². The molecule has 0 unspecified atom stereocenters. The second kappa shape index (κ2) is 4.56. The second-order valence-electron chi connectivity index (χ2n) is 6.55. The van der Waals surface area contributed by atoms with Crippen LogP contribution in [-0.4, -0.2) is 46.2 Å². The lowest BCUT2D eigenvalue weighted by molar-refractivity contribution is -0.142. The summed E-state index contributed by atoms with van der Waals surface area (Å²) in [5.74, 6) is -5.17. The van der Waals surface area contributed by atoms with Crippen molar-refractivity contribution in [3.05, 3.63) is 0 Å². The van der Waals surface area contributed by atoms with Crippen molar-refractivity contribution in [2.24, 2.45) is 11.8 Å². The van der Waals surface area contributed by atoms with E-state index >= 15 is 0 Å². The molecule has 2 rings (SSSR count). The summed E-state index contributed by atoms with van der Waals surface area (Å²) >= 11 is 0. The van der Waals surface area contributed by atoms with Gasteiger partial charge in [-0.25, -0.2) is 18.4 Å². The SMILES string of the molecule is CC(C)(C)OC(=O)N1C[C@H]([C@H]2CC2(F)F)C[C@H]1C(=O)O. The minimum Gasteiger partial charge on any atom is -0.480 e. The lowest BCUT2D eigenvalue weighted by Crippen LogP contribution is -2.43. The highest BCUT2D eigenvalue weighted by molar-refractivity contribution is 5.81. The molecule has 0 aromatic heterocycles. The Morgan fingerprint density at radius 1 is 1.35 bits per heavy atom. The molecule has 5 nitrogen and oxygen atoms in total. The van der Waals surface area contributed by atoms with Crippen LogP contribution in [0.5, 0.6) is 0 Å². The first-order chi connectivity index (χ1) is 9.01. The highest BCUT2D eigenvalue weighted by atomic mass is 19.3. The Morgan fingerprint density at radius 3 is 2.30 bits per heavy atom. The van der Waals surface area contributed by atoms with E-state index in [9.17, 15) is 18.4 Å². The van der Waals surface area contributed by atoms with Crippen LogP contribution in [0.25, 0.3) is 0 Å². The third-order valence-electron chi connectivity index (χ3n) is 3.69. The zero-order chi connectivity index (χ0) is 15.3. The van der Waals surface area contributed by atoms with Crippen molar-refractivity contribution in [1.82, 2.24) is 4.90 Å². The van der Waals surface area contributed by atoms with E-state index in [1.807, 2.05) is 0 Å². The van der Waals surface area contributed by atoms with Gasteiger partial charge in [-0.05, 0) is 33.1 Å². The topological polar surface area (TPSA) is 66.8 Å². The number of aliphatic carboxylic acids is 1. The molecule has 1 heterocycles. The Morgan fingerprint density at radius 2 is 1.90 bits per heavy atom. The predicted octanol–water partition coefficient (Wildman–Crippen LogP) is 2.35. The van der Waals surface area contributed by atoms with Crippen LogP contribution in [0.1, 0.15) is 33.6 Å². The van der Waals surface area contributed by atoms with Gasteiger partial charge >= 0.3 is 12.1 Å². The lowest BCUT2D eigenvalue weighted by Gasteiger charge is -2.26. The Kier molecular flexibility index (Phi) is 3.42. The molecule has 0 spiro atoms. The predicted molar refractivity (Wildman–Crippen MR) is 65.5 cm³/mol. The zero-order valence-corrected chi connectivity index (χ0v) is 11.7. The number of ether oxygens (including phenoxy) is 1. The molecule has 2 fully saturated rings. The molecular formula is C13H19F2NO4. The molecule has 0 bridgehead atoms. The number of carbonyl (C=O) groups excluding carboxylic acids is 1. The fourth-order valence-corrected chi connectivity index (χ4v) is 2.66. The van der Waals surface area contributed by atoms with Crippen molar-refractivity contribution in [2.75, 3.05) is 6.54 Å². The molecule has 1 N–H and O–H groups in total. The Labute approximate surface area is 115 Å². The van der Waals surface area contributed by atoms with Crippen LogP contribution in [0.3, 0.4) is 0 Å². The molecule has 2 aliphatic rings. The standard InChI is InChI=1S/C13H19F2NO4/c1-12(2,3)20-11(19)16-6-7(4-9(16)10(17)18)8-5-13(8,14)15/h7-9H,4-6H2,1-3H3,(H,17,18)/t7-,8-,9+/m1/s1. The first-order valence-corrected chi connectivity index (χ1v) is 6.61. The molecule has 1 saturated carbocycles. The molecule has 3 atom stereocenters. The highest BCUT2D eigenvalue weighted by Crippen LogP contribution is 2.55. The number of hydrogen-bond acceptors (Lipinski definition) is 3. The maximum Gasteiger partial charge on any atom is 0.411 e. The van der Waals surface area contributed by atoms with Crippen molar-refractivity contribution in [3.8, 4) is 0 Å². The lowest BCUT2D eigenvalue weighted by atomic mass is 10.00. The van der Waals surface area contributed by atoms with Gasteiger partial charge in [-0.1, -0.05) is 0 Å². The number of likely N-dealkylation sites (tertiary alicyclic amines) is 1. The second-order valence-corrected chi connectivity index (χ2v) is 6.55. The largest absolute Gasteiger partial charge is 0.480 e. The summed E-state index contributed by atoms with van der Waals surface area (Å²) in [6, 6.07) is -1.08. The minimum atomic E-state index is -2.71. The molecule has 0 radical (unpaired) electrons. The van der Waals surface area contributed by atoms with E-state index in [-0.39, 0.29) is 19.4 Å². The first kappa shape index (κ1) is 15.0. The molecule has 1 aliphatic heterocycles. The van der Waals surface area contributed by atoms with Gasteiger partial charge in [0.1, 0.15) is 11.6 Å². The van der Waals surface area contributed by atoms with E-state index in [2.05, 4.69) is 0 Å². The minimum absolute atomic E-state index is 0.0200. The van der Waals surface area contributed by atoms with Gasteiger partial charge in [0.05, 0.1) is 0 Å². The van der Waals surface area contributed by atoms with Gasteiger partial charge in [0.15, 0.2) is 0 Å². The van der Waals surface area contributed by atoms with Crippen molar-refractivity contribution in [1.29, 1.82) is 0 Å². The fraction of sp³-hybridized carbons (Fsp3) is 0.846. The Balaban J connectivity index is 2.07. The summed E-state index contributed by atoms with van der Waals surface area (Å²) in [6.07, 6.45) is -0.905. The van der Waals surface area contributed by atoms with Crippen molar-refractivity contribution in [2.45, 2.75) is 51.2 Å². The van der Waals surface area contributed by atoms with E-state index < -0.39 is 41.5 Å². The molecule has 0 aromatic carbocycles. The fourth-order valence-electron chi connectivity index (χ4n) is 2.66. The van der Waals surface area contributed by atoms with Gasteiger partial charge in [0.25, 0.3) is 5.92 Å². The Bertz CT molecular complexity index is 433. The summed E-state index contributed by atoms with van der Waals surface area (Å²) in [7, 11) is 0. The van der Waals surface area contributed by atoms with E-state index in [0.717, 1.165) is 4.90 Å². The monoisotopic (exact) mass is 291 g/mol. The van der Waals surface area contributed by atoms with Crippen LogP contribution in [-0.2, 0) is 9.53 Å². The number of halogens is 2. The van der Waals surface area contributed by atoms with Gasteiger partial charge in [-0.15, -0.1) is 0 Å². The van der Waals surface area contributed by atoms with Crippen LogP contribution in [0.15, 0.2) is 0 Å².